The van der Waals surface area contributed by atoms with Crippen LogP contribution in [0.25, 0.3) is 0 Å². The lowest BCUT2D eigenvalue weighted by Crippen LogP contribution is -2.10. The summed E-state index contributed by atoms with van der Waals surface area (Å²) in [6, 6.07) is 4.65. The third-order valence-electron chi connectivity index (χ3n) is 2.56. The first-order valence-electron chi connectivity index (χ1n) is 6.90. The van der Waals surface area contributed by atoms with Crippen LogP contribution < -0.4 is 9.47 Å². The normalized spacial score (nSPS) is 10.1. The second-order valence-corrected chi connectivity index (χ2v) is 5.96. The largest absolute Gasteiger partial charge is 0.426 e. The van der Waals surface area contributed by atoms with Gasteiger partial charge in [0.1, 0.15) is 18.1 Å². The maximum absolute atomic E-state index is 11.7. The maximum atomic E-state index is 11.7. The average Bonchev–Trinajstić information content (AvgIpc) is 2.51. The zero-order valence-corrected chi connectivity index (χ0v) is 14.6. The fourth-order valence-corrected chi connectivity index (χ4v) is 2.56. The molecule has 0 aliphatic heterocycles. The summed E-state index contributed by atoms with van der Waals surface area (Å²) in [5.41, 5.74) is 0.630. The van der Waals surface area contributed by atoms with Gasteiger partial charge in [-0.15, -0.1) is 10.1 Å². The van der Waals surface area contributed by atoms with Crippen LogP contribution in [0.15, 0.2) is 18.2 Å². The standard InChI is InChI=1S/C14H17NO7S2/c1-10(16)21-13-3-2-12(8-11(13)9-23)22-14(17)4-6-24-7-5-20-15(18)19/h2-3,8,23H,4-7,9H2,1H3. The molecule has 0 aliphatic carbocycles. The summed E-state index contributed by atoms with van der Waals surface area (Å²) in [5.74, 6) is 1.03. The molecule has 0 N–H and O–H groups in total. The van der Waals surface area contributed by atoms with Crippen LogP contribution in [0.5, 0.6) is 11.5 Å². The number of hydrogen-bond donors (Lipinski definition) is 1. The van der Waals surface area contributed by atoms with Crippen LogP contribution in [0, 0.1) is 10.1 Å². The highest BCUT2D eigenvalue weighted by molar-refractivity contribution is 7.99. The number of carbonyl (C=O) groups is 2. The highest BCUT2D eigenvalue weighted by atomic mass is 32.2. The van der Waals surface area contributed by atoms with Crippen LogP contribution in [0.4, 0.5) is 0 Å². The van der Waals surface area contributed by atoms with Crippen LogP contribution in [0.2, 0.25) is 0 Å². The molecule has 0 unspecified atom stereocenters. The molecule has 0 aromatic heterocycles. The van der Waals surface area contributed by atoms with Crippen LogP contribution in [0.1, 0.15) is 18.9 Å². The molecule has 0 amide bonds. The Kier molecular flexibility index (Phi) is 9.02. The molecular formula is C14H17NO7S2. The second-order valence-electron chi connectivity index (χ2n) is 4.41. The van der Waals surface area contributed by atoms with Gasteiger partial charge in [0, 0.05) is 29.7 Å². The van der Waals surface area contributed by atoms with Gasteiger partial charge in [0.2, 0.25) is 0 Å². The van der Waals surface area contributed by atoms with Crippen molar-refractivity contribution in [2.24, 2.45) is 0 Å². The second kappa shape index (κ2) is 10.8. The number of thioether (sulfide) groups is 1. The molecule has 0 aliphatic rings. The third kappa shape index (κ3) is 8.06. The molecular weight excluding hydrogens is 358 g/mol. The molecule has 0 bridgehead atoms. The SMILES string of the molecule is CC(=O)Oc1ccc(OC(=O)CCSCCO[N+](=O)[O-])cc1CS. The Labute approximate surface area is 148 Å². The fourth-order valence-electron chi connectivity index (χ4n) is 1.61. The molecule has 0 saturated carbocycles. The van der Waals surface area contributed by atoms with Gasteiger partial charge >= 0.3 is 11.9 Å². The van der Waals surface area contributed by atoms with E-state index in [-0.39, 0.29) is 13.0 Å². The molecule has 132 valence electrons. The van der Waals surface area contributed by atoms with Gasteiger partial charge in [-0.05, 0) is 18.2 Å². The summed E-state index contributed by atoms with van der Waals surface area (Å²) in [6.45, 7) is 1.28. The Balaban J connectivity index is 2.41. The zero-order chi connectivity index (χ0) is 17.9. The van der Waals surface area contributed by atoms with Gasteiger partial charge in [-0.1, -0.05) is 0 Å². The molecule has 24 heavy (non-hydrogen) atoms. The van der Waals surface area contributed by atoms with E-state index in [1.165, 1.54) is 24.8 Å². The van der Waals surface area contributed by atoms with Crippen molar-refractivity contribution in [3.63, 3.8) is 0 Å². The molecule has 0 saturated heterocycles. The summed E-state index contributed by atoms with van der Waals surface area (Å²) in [7, 11) is 0. The van der Waals surface area contributed by atoms with E-state index in [0.29, 0.717) is 34.3 Å². The molecule has 0 fully saturated rings. The predicted molar refractivity (Wildman–Crippen MR) is 91.0 cm³/mol. The first kappa shape index (κ1) is 20.1. The Hall–Kier alpha value is -1.94. The van der Waals surface area contributed by atoms with Gasteiger partial charge in [-0.3, -0.25) is 9.59 Å². The number of ether oxygens (including phenoxy) is 2. The minimum absolute atomic E-state index is 0.0182. The van der Waals surface area contributed by atoms with Crippen molar-refractivity contribution in [1.29, 1.82) is 0 Å². The summed E-state index contributed by atoms with van der Waals surface area (Å²) < 4.78 is 10.2. The summed E-state index contributed by atoms with van der Waals surface area (Å²) in [6.07, 6.45) is 0.158. The van der Waals surface area contributed by atoms with Crippen molar-refractivity contribution in [1.82, 2.24) is 0 Å². The molecule has 0 radical (unpaired) electrons. The molecule has 0 heterocycles. The van der Waals surface area contributed by atoms with Gasteiger partial charge in [-0.25, -0.2) is 0 Å². The predicted octanol–water partition coefficient (Wildman–Crippen LogP) is 2.28. The van der Waals surface area contributed by atoms with E-state index >= 15 is 0 Å². The number of carbonyl (C=O) groups excluding carboxylic acids is 2. The van der Waals surface area contributed by atoms with Crippen LogP contribution in [-0.4, -0.2) is 35.1 Å². The lowest BCUT2D eigenvalue weighted by molar-refractivity contribution is -0.756. The van der Waals surface area contributed by atoms with Gasteiger partial charge in [-0.2, -0.15) is 24.4 Å². The van der Waals surface area contributed by atoms with Crippen LogP contribution >= 0.6 is 24.4 Å². The topological polar surface area (TPSA) is 105 Å². The molecule has 8 nitrogen and oxygen atoms in total. The molecule has 0 atom stereocenters. The van der Waals surface area contributed by atoms with Gasteiger partial charge in [0.15, 0.2) is 0 Å². The quantitative estimate of drug-likeness (QED) is 0.166. The first-order valence-corrected chi connectivity index (χ1v) is 8.69. The Morgan fingerprint density at radius 2 is 2.04 bits per heavy atom. The Bertz CT molecular complexity index is 594. The van der Waals surface area contributed by atoms with Crippen LogP contribution in [0.3, 0.4) is 0 Å². The number of thiol groups is 1. The van der Waals surface area contributed by atoms with Crippen LogP contribution in [-0.2, 0) is 20.2 Å². The lowest BCUT2D eigenvalue weighted by Gasteiger charge is -2.10. The van der Waals surface area contributed by atoms with Gasteiger partial charge in [0.05, 0.1) is 6.42 Å². The minimum atomic E-state index is -0.854. The van der Waals surface area contributed by atoms with E-state index in [1.54, 1.807) is 12.1 Å². The summed E-state index contributed by atoms with van der Waals surface area (Å²) >= 11 is 5.50. The molecule has 1 rings (SSSR count). The monoisotopic (exact) mass is 375 g/mol. The van der Waals surface area contributed by atoms with Crippen molar-refractivity contribution < 1.29 is 29.0 Å². The highest BCUT2D eigenvalue weighted by Crippen LogP contribution is 2.26. The van der Waals surface area contributed by atoms with Crippen molar-refractivity contribution in [3.05, 3.63) is 33.9 Å². The van der Waals surface area contributed by atoms with E-state index in [9.17, 15) is 19.7 Å². The number of rotatable bonds is 10. The van der Waals surface area contributed by atoms with E-state index < -0.39 is 17.0 Å². The summed E-state index contributed by atoms with van der Waals surface area (Å²) in [4.78, 5) is 36.8. The van der Waals surface area contributed by atoms with Crippen molar-refractivity contribution in [2.75, 3.05) is 18.1 Å². The number of hydrogen-bond acceptors (Lipinski definition) is 9. The average molecular weight is 375 g/mol. The Morgan fingerprint density at radius 3 is 2.67 bits per heavy atom. The van der Waals surface area contributed by atoms with E-state index in [2.05, 4.69) is 17.5 Å². The van der Waals surface area contributed by atoms with E-state index in [4.69, 9.17) is 9.47 Å². The van der Waals surface area contributed by atoms with Gasteiger partial charge < -0.3 is 14.3 Å². The van der Waals surface area contributed by atoms with E-state index in [0.717, 1.165) is 0 Å². The number of nitrogens with zero attached hydrogens (tertiary/aromatic N) is 1. The molecule has 1 aromatic carbocycles. The molecule has 10 heteroatoms. The lowest BCUT2D eigenvalue weighted by atomic mass is 10.2. The zero-order valence-electron chi connectivity index (χ0n) is 12.9. The number of benzene rings is 1. The van der Waals surface area contributed by atoms with Crippen molar-refractivity contribution in [3.8, 4) is 11.5 Å². The highest BCUT2D eigenvalue weighted by Gasteiger charge is 2.10. The van der Waals surface area contributed by atoms with Gasteiger partial charge in [0.25, 0.3) is 5.09 Å². The molecule has 1 aromatic rings. The van der Waals surface area contributed by atoms with Crippen molar-refractivity contribution in [2.45, 2.75) is 19.1 Å². The molecule has 0 spiro atoms. The number of esters is 2. The first-order chi connectivity index (χ1) is 11.4. The maximum Gasteiger partial charge on any atom is 0.312 e. The fraction of sp³-hybridized carbons (Fsp3) is 0.429. The van der Waals surface area contributed by atoms with E-state index in [1.807, 2.05) is 0 Å². The van der Waals surface area contributed by atoms with Crippen molar-refractivity contribution >= 4 is 36.3 Å². The smallest absolute Gasteiger partial charge is 0.312 e. The Morgan fingerprint density at radius 1 is 1.29 bits per heavy atom. The third-order valence-corrected chi connectivity index (χ3v) is 3.85. The minimum Gasteiger partial charge on any atom is -0.426 e. The summed E-state index contributed by atoms with van der Waals surface area (Å²) in [5, 5.41) is 9.09.